The third-order valence-corrected chi connectivity index (χ3v) is 3.26. The van der Waals surface area contributed by atoms with Crippen molar-refractivity contribution in [3.8, 4) is 0 Å². The van der Waals surface area contributed by atoms with Crippen LogP contribution in [0.15, 0.2) is 12.4 Å². The highest BCUT2D eigenvalue weighted by Crippen LogP contribution is 2.25. The molecule has 2 heterocycles. The molecule has 1 fully saturated rings. The van der Waals surface area contributed by atoms with E-state index in [1.165, 1.54) is 19.5 Å². The number of carbonyl (C=O) groups is 2. The summed E-state index contributed by atoms with van der Waals surface area (Å²) in [4.78, 5) is 31.9. The number of esters is 1. The van der Waals surface area contributed by atoms with E-state index in [-0.39, 0.29) is 18.5 Å². The minimum atomic E-state index is -1.42. The third kappa shape index (κ3) is 2.70. The van der Waals surface area contributed by atoms with Gasteiger partial charge in [-0.25, -0.2) is 14.8 Å². The molecule has 1 aliphatic heterocycles. The van der Waals surface area contributed by atoms with Gasteiger partial charge in [-0.2, -0.15) is 0 Å². The fourth-order valence-electron chi connectivity index (χ4n) is 2.06. The predicted octanol–water partition coefficient (Wildman–Crippen LogP) is -0.207. The molecule has 0 amide bonds. The number of anilines is 1. The van der Waals surface area contributed by atoms with Gasteiger partial charge in [0, 0.05) is 25.9 Å². The second-order valence-electron chi connectivity index (χ2n) is 4.43. The van der Waals surface area contributed by atoms with Crippen LogP contribution >= 0.6 is 0 Å². The molecular weight excluding hydrogens is 250 g/mol. The molecule has 1 N–H and O–H groups in total. The van der Waals surface area contributed by atoms with Gasteiger partial charge >= 0.3 is 5.97 Å². The summed E-state index contributed by atoms with van der Waals surface area (Å²) in [6.45, 7) is 0.946. The number of aldehydes is 1. The lowest BCUT2D eigenvalue weighted by Gasteiger charge is -2.36. The largest absolute Gasteiger partial charge is 0.467 e. The zero-order chi connectivity index (χ0) is 13.9. The Morgan fingerprint density at radius 3 is 2.58 bits per heavy atom. The summed E-state index contributed by atoms with van der Waals surface area (Å²) < 4.78 is 4.59. The van der Waals surface area contributed by atoms with Crippen LogP contribution in [0, 0.1) is 0 Å². The molecule has 19 heavy (non-hydrogen) atoms. The van der Waals surface area contributed by atoms with E-state index < -0.39 is 11.6 Å². The highest BCUT2D eigenvalue weighted by atomic mass is 16.5. The Morgan fingerprint density at radius 2 is 2.11 bits per heavy atom. The molecule has 0 aromatic carbocycles. The summed E-state index contributed by atoms with van der Waals surface area (Å²) in [5.41, 5.74) is -1.15. The Kier molecular flexibility index (Phi) is 3.75. The highest BCUT2D eigenvalue weighted by Gasteiger charge is 2.40. The van der Waals surface area contributed by atoms with E-state index in [2.05, 4.69) is 14.7 Å². The normalized spacial score (nSPS) is 17.9. The van der Waals surface area contributed by atoms with Crippen LogP contribution in [-0.2, 0) is 9.53 Å². The fraction of sp³-hybridized carbons (Fsp3) is 0.500. The van der Waals surface area contributed by atoms with Crippen molar-refractivity contribution in [1.29, 1.82) is 0 Å². The van der Waals surface area contributed by atoms with E-state index in [0.29, 0.717) is 25.2 Å². The molecule has 7 nitrogen and oxygen atoms in total. The zero-order valence-electron chi connectivity index (χ0n) is 10.6. The fourth-order valence-corrected chi connectivity index (χ4v) is 2.06. The molecule has 1 aliphatic rings. The Balaban J connectivity index is 2.03. The van der Waals surface area contributed by atoms with E-state index in [0.717, 1.165) is 0 Å². The predicted molar refractivity (Wildman–Crippen MR) is 65.8 cm³/mol. The maximum Gasteiger partial charge on any atom is 0.337 e. The average molecular weight is 265 g/mol. The summed E-state index contributed by atoms with van der Waals surface area (Å²) in [5.74, 6) is 0.0204. The minimum Gasteiger partial charge on any atom is -0.467 e. The Morgan fingerprint density at radius 1 is 1.42 bits per heavy atom. The molecule has 1 aromatic heterocycles. The van der Waals surface area contributed by atoms with Crippen LogP contribution in [0.25, 0.3) is 0 Å². The van der Waals surface area contributed by atoms with Crippen molar-refractivity contribution in [2.45, 2.75) is 18.4 Å². The number of piperidine rings is 1. The van der Waals surface area contributed by atoms with Crippen molar-refractivity contribution < 1.29 is 19.4 Å². The summed E-state index contributed by atoms with van der Waals surface area (Å²) in [6, 6.07) is 0. The first-order chi connectivity index (χ1) is 9.09. The number of aliphatic hydroxyl groups is 1. The van der Waals surface area contributed by atoms with Gasteiger partial charge in [-0.3, -0.25) is 4.79 Å². The number of nitrogens with zero attached hydrogens (tertiary/aromatic N) is 3. The van der Waals surface area contributed by atoms with E-state index in [4.69, 9.17) is 0 Å². The molecule has 0 spiro atoms. The first-order valence-corrected chi connectivity index (χ1v) is 5.92. The number of carbonyl (C=O) groups excluding carboxylic acids is 2. The van der Waals surface area contributed by atoms with E-state index in [1.54, 1.807) is 0 Å². The van der Waals surface area contributed by atoms with Gasteiger partial charge in [0.2, 0.25) is 0 Å². The lowest BCUT2D eigenvalue weighted by molar-refractivity contribution is -0.164. The second-order valence-corrected chi connectivity index (χ2v) is 4.43. The molecule has 2 rings (SSSR count). The quantitative estimate of drug-likeness (QED) is 0.597. The Hall–Kier alpha value is -2.02. The van der Waals surface area contributed by atoms with E-state index in [1.807, 2.05) is 4.90 Å². The highest BCUT2D eigenvalue weighted by molar-refractivity contribution is 5.79. The zero-order valence-corrected chi connectivity index (χ0v) is 10.6. The first kappa shape index (κ1) is 13.4. The van der Waals surface area contributed by atoms with Crippen LogP contribution in [0.2, 0.25) is 0 Å². The van der Waals surface area contributed by atoms with Crippen molar-refractivity contribution in [2.24, 2.45) is 0 Å². The van der Waals surface area contributed by atoms with Crippen molar-refractivity contribution >= 4 is 18.1 Å². The topological polar surface area (TPSA) is 92.6 Å². The van der Waals surface area contributed by atoms with Gasteiger partial charge in [0.25, 0.3) is 0 Å². The standard InChI is InChI=1S/C12H15N3O4/c1-19-11(17)12(18)2-4-15(5-3-12)10-7-13-9(8-16)6-14-10/h6-8,18H,2-5H2,1H3. The van der Waals surface area contributed by atoms with Gasteiger partial charge in [0.1, 0.15) is 11.5 Å². The number of aromatic nitrogens is 2. The lowest BCUT2D eigenvalue weighted by Crippen LogP contribution is -2.50. The van der Waals surface area contributed by atoms with Gasteiger partial charge in [-0.1, -0.05) is 0 Å². The average Bonchev–Trinajstić information content (AvgIpc) is 2.47. The number of methoxy groups -OCH3 is 1. The number of hydrogen-bond acceptors (Lipinski definition) is 7. The van der Waals surface area contributed by atoms with Gasteiger partial charge in [-0.15, -0.1) is 0 Å². The Labute approximate surface area is 110 Å². The maximum atomic E-state index is 11.5. The summed E-state index contributed by atoms with van der Waals surface area (Å²) in [5, 5.41) is 10.1. The number of rotatable bonds is 3. The van der Waals surface area contributed by atoms with Crippen molar-refractivity contribution in [3.63, 3.8) is 0 Å². The molecule has 1 saturated heterocycles. The minimum absolute atomic E-state index is 0.270. The third-order valence-electron chi connectivity index (χ3n) is 3.26. The molecule has 0 bridgehead atoms. The van der Waals surface area contributed by atoms with Crippen LogP contribution in [0.5, 0.6) is 0 Å². The monoisotopic (exact) mass is 265 g/mol. The Bertz CT molecular complexity index is 466. The molecule has 0 unspecified atom stereocenters. The van der Waals surface area contributed by atoms with Crippen LogP contribution < -0.4 is 4.90 Å². The van der Waals surface area contributed by atoms with Gasteiger partial charge < -0.3 is 14.7 Å². The van der Waals surface area contributed by atoms with Crippen molar-refractivity contribution in [2.75, 3.05) is 25.1 Å². The van der Waals surface area contributed by atoms with Crippen LogP contribution in [0.3, 0.4) is 0 Å². The molecule has 7 heteroatoms. The van der Waals surface area contributed by atoms with Crippen LogP contribution in [0.4, 0.5) is 5.82 Å². The van der Waals surface area contributed by atoms with Crippen LogP contribution in [-0.4, -0.2) is 53.1 Å². The maximum absolute atomic E-state index is 11.5. The van der Waals surface area contributed by atoms with Gasteiger partial charge in [0.05, 0.1) is 19.5 Å². The van der Waals surface area contributed by atoms with Gasteiger partial charge in [-0.05, 0) is 0 Å². The second kappa shape index (κ2) is 5.31. The molecule has 0 radical (unpaired) electrons. The van der Waals surface area contributed by atoms with Gasteiger partial charge in [0.15, 0.2) is 11.9 Å². The molecule has 102 valence electrons. The molecule has 0 aliphatic carbocycles. The number of hydrogen-bond donors (Lipinski definition) is 1. The molecule has 0 atom stereocenters. The summed E-state index contributed by atoms with van der Waals surface area (Å²) >= 11 is 0. The molecule has 1 aromatic rings. The molecular formula is C12H15N3O4. The summed E-state index contributed by atoms with van der Waals surface area (Å²) in [6.07, 6.45) is 4.08. The lowest BCUT2D eigenvalue weighted by atomic mass is 9.91. The first-order valence-electron chi connectivity index (χ1n) is 5.92. The SMILES string of the molecule is COC(=O)C1(O)CCN(c2cnc(C=O)cn2)CC1. The molecule has 0 saturated carbocycles. The van der Waals surface area contributed by atoms with Crippen LogP contribution in [0.1, 0.15) is 23.3 Å². The van der Waals surface area contributed by atoms with Crippen molar-refractivity contribution in [1.82, 2.24) is 9.97 Å². The summed E-state index contributed by atoms with van der Waals surface area (Å²) in [7, 11) is 1.26. The number of ether oxygens (including phenoxy) is 1. The smallest absolute Gasteiger partial charge is 0.337 e. The van der Waals surface area contributed by atoms with E-state index in [9.17, 15) is 14.7 Å². The van der Waals surface area contributed by atoms with E-state index >= 15 is 0 Å². The van der Waals surface area contributed by atoms with Crippen molar-refractivity contribution in [3.05, 3.63) is 18.1 Å².